The van der Waals surface area contributed by atoms with Crippen molar-refractivity contribution < 1.29 is 19.2 Å². The maximum absolute atomic E-state index is 12.1. The summed E-state index contributed by atoms with van der Waals surface area (Å²) in [5.74, 6) is -0.443. The van der Waals surface area contributed by atoms with Crippen LogP contribution in [0, 0.1) is 10.1 Å². The Bertz CT molecular complexity index is 751. The molecule has 1 aromatic carbocycles. The van der Waals surface area contributed by atoms with Gasteiger partial charge in [-0.2, -0.15) is 0 Å². The zero-order valence-corrected chi connectivity index (χ0v) is 12.6. The number of nitrogens with zero attached hydrogens (tertiary/aromatic N) is 1. The van der Waals surface area contributed by atoms with E-state index in [1.54, 1.807) is 24.3 Å². The van der Waals surface area contributed by atoms with Crippen molar-refractivity contribution in [1.29, 1.82) is 0 Å². The van der Waals surface area contributed by atoms with E-state index in [1.807, 2.05) is 0 Å². The Morgan fingerprint density at radius 1 is 1.39 bits per heavy atom. The fraction of sp³-hybridized carbons (Fsp3) is 0.312. The molecule has 1 aromatic rings. The lowest BCUT2D eigenvalue weighted by Gasteiger charge is -2.29. The van der Waals surface area contributed by atoms with Crippen LogP contribution in [0.4, 0.5) is 0 Å². The van der Waals surface area contributed by atoms with E-state index in [4.69, 9.17) is 15.2 Å². The zero-order valence-electron chi connectivity index (χ0n) is 12.6. The van der Waals surface area contributed by atoms with E-state index >= 15 is 0 Å². The van der Waals surface area contributed by atoms with E-state index in [9.17, 15) is 14.9 Å². The van der Waals surface area contributed by atoms with E-state index in [0.717, 1.165) is 0 Å². The number of Topliss-reactive ketones (excluding diaryl/α,β-unsaturated/α-hetero) is 1. The first kappa shape index (κ1) is 15.1. The third-order valence-electron chi connectivity index (χ3n) is 4.11. The van der Waals surface area contributed by atoms with Crippen molar-refractivity contribution in [3.8, 4) is 5.75 Å². The van der Waals surface area contributed by atoms with Crippen LogP contribution >= 0.6 is 0 Å². The van der Waals surface area contributed by atoms with Crippen LogP contribution < -0.4 is 10.5 Å². The molecule has 0 radical (unpaired) electrons. The first-order valence-electron chi connectivity index (χ1n) is 7.25. The molecular formula is C16H16N2O5. The Labute approximate surface area is 132 Å². The minimum Gasteiger partial charge on any atom is -0.497 e. The molecule has 3 rings (SSSR count). The Morgan fingerprint density at radius 3 is 2.87 bits per heavy atom. The molecule has 0 bridgehead atoms. The van der Waals surface area contributed by atoms with E-state index in [0.29, 0.717) is 36.1 Å². The number of hydrogen-bond donors (Lipinski definition) is 1. The molecule has 0 spiro atoms. The van der Waals surface area contributed by atoms with Crippen LogP contribution in [0.5, 0.6) is 5.75 Å². The Balaban J connectivity index is 2.18. The average molecular weight is 316 g/mol. The Kier molecular flexibility index (Phi) is 3.77. The molecule has 0 saturated heterocycles. The molecule has 0 aromatic heterocycles. The summed E-state index contributed by atoms with van der Waals surface area (Å²) in [7, 11) is 1.52. The van der Waals surface area contributed by atoms with Crippen molar-refractivity contribution in [3.63, 3.8) is 0 Å². The van der Waals surface area contributed by atoms with Crippen LogP contribution in [0.2, 0.25) is 0 Å². The predicted octanol–water partition coefficient (Wildman–Crippen LogP) is 2.22. The molecule has 1 aliphatic carbocycles. The lowest BCUT2D eigenvalue weighted by atomic mass is 9.80. The van der Waals surface area contributed by atoms with Crippen molar-refractivity contribution in [1.82, 2.24) is 0 Å². The van der Waals surface area contributed by atoms with E-state index < -0.39 is 10.8 Å². The average Bonchev–Trinajstić information content (AvgIpc) is 2.54. The third kappa shape index (κ3) is 2.54. The Morgan fingerprint density at radius 2 is 2.17 bits per heavy atom. The summed E-state index contributed by atoms with van der Waals surface area (Å²) in [6.07, 6.45) is 1.57. The summed E-state index contributed by atoms with van der Waals surface area (Å²) in [5.41, 5.74) is 6.79. The maximum Gasteiger partial charge on any atom is 0.316 e. The number of hydrogen-bond acceptors (Lipinski definition) is 6. The molecule has 1 heterocycles. The first-order valence-corrected chi connectivity index (χ1v) is 7.25. The smallest absolute Gasteiger partial charge is 0.316 e. The summed E-state index contributed by atoms with van der Waals surface area (Å²) in [6.45, 7) is 0. The van der Waals surface area contributed by atoms with Gasteiger partial charge < -0.3 is 15.2 Å². The predicted molar refractivity (Wildman–Crippen MR) is 80.9 cm³/mol. The minimum atomic E-state index is -0.701. The van der Waals surface area contributed by atoms with Crippen LogP contribution in [0.15, 0.2) is 47.2 Å². The topological polar surface area (TPSA) is 105 Å². The van der Waals surface area contributed by atoms with Gasteiger partial charge in [0.15, 0.2) is 11.5 Å². The van der Waals surface area contributed by atoms with Gasteiger partial charge in [0.05, 0.1) is 12.0 Å². The second kappa shape index (κ2) is 5.75. The van der Waals surface area contributed by atoms with Gasteiger partial charge in [0.1, 0.15) is 11.7 Å². The van der Waals surface area contributed by atoms with Crippen molar-refractivity contribution in [2.45, 2.75) is 25.2 Å². The molecule has 7 nitrogen and oxygen atoms in total. The van der Waals surface area contributed by atoms with Gasteiger partial charge >= 0.3 is 5.70 Å². The van der Waals surface area contributed by atoms with Crippen molar-refractivity contribution in [2.24, 2.45) is 5.73 Å². The number of benzene rings is 1. The number of carbonyl (C=O) groups excluding carboxylic acids is 1. The second-order valence-corrected chi connectivity index (χ2v) is 5.45. The standard InChI is InChI=1S/C16H16N2O5/c1-22-10-5-2-4-9(8-10)13-11-6-3-7-12(19)15(11)23-16(17)14(13)18(20)21/h2,4-5,8,13H,3,6-7,17H2,1H3. The highest BCUT2D eigenvalue weighted by atomic mass is 16.6. The highest BCUT2D eigenvalue weighted by Gasteiger charge is 2.43. The van der Waals surface area contributed by atoms with Gasteiger partial charge in [-0.3, -0.25) is 14.9 Å². The molecule has 2 aliphatic rings. The fourth-order valence-corrected chi connectivity index (χ4v) is 3.09. The van der Waals surface area contributed by atoms with Crippen LogP contribution in [-0.4, -0.2) is 17.8 Å². The molecular weight excluding hydrogens is 300 g/mol. The van der Waals surface area contributed by atoms with Crippen LogP contribution in [-0.2, 0) is 9.53 Å². The van der Waals surface area contributed by atoms with Crippen LogP contribution in [0.1, 0.15) is 30.7 Å². The monoisotopic (exact) mass is 316 g/mol. The summed E-state index contributed by atoms with van der Waals surface area (Å²) >= 11 is 0. The van der Waals surface area contributed by atoms with Gasteiger partial charge in [-0.05, 0) is 36.1 Å². The molecule has 2 N–H and O–H groups in total. The summed E-state index contributed by atoms with van der Waals surface area (Å²) in [6, 6.07) is 6.99. The largest absolute Gasteiger partial charge is 0.497 e. The molecule has 7 heteroatoms. The number of ether oxygens (including phenoxy) is 2. The molecule has 23 heavy (non-hydrogen) atoms. The van der Waals surface area contributed by atoms with E-state index in [1.165, 1.54) is 7.11 Å². The highest BCUT2D eigenvalue weighted by molar-refractivity contribution is 5.95. The highest BCUT2D eigenvalue weighted by Crippen LogP contribution is 2.44. The number of allylic oxidation sites excluding steroid dienone is 2. The fourth-order valence-electron chi connectivity index (χ4n) is 3.09. The maximum atomic E-state index is 12.1. The van der Waals surface area contributed by atoms with Gasteiger partial charge in [0.25, 0.3) is 5.88 Å². The number of carbonyl (C=O) groups is 1. The first-order chi connectivity index (χ1) is 11.0. The quantitative estimate of drug-likeness (QED) is 0.677. The number of rotatable bonds is 3. The minimum absolute atomic E-state index is 0.159. The van der Waals surface area contributed by atoms with Crippen molar-refractivity contribution in [3.05, 3.63) is 62.9 Å². The molecule has 0 saturated carbocycles. The SMILES string of the molecule is COc1cccc(C2C3=C(OC(N)=C2[N+](=O)[O-])C(=O)CCC3)c1. The third-order valence-corrected chi connectivity index (χ3v) is 4.11. The molecule has 1 aliphatic heterocycles. The number of nitrogens with two attached hydrogens (primary N) is 1. The normalized spacial score (nSPS) is 20.9. The van der Waals surface area contributed by atoms with Gasteiger partial charge in [-0.15, -0.1) is 0 Å². The van der Waals surface area contributed by atoms with Gasteiger partial charge in [0, 0.05) is 6.42 Å². The van der Waals surface area contributed by atoms with Crippen LogP contribution in [0.3, 0.4) is 0 Å². The number of methoxy groups -OCH3 is 1. The molecule has 0 fully saturated rings. The number of ketones is 1. The molecule has 0 amide bonds. The van der Waals surface area contributed by atoms with E-state index in [-0.39, 0.29) is 23.1 Å². The second-order valence-electron chi connectivity index (χ2n) is 5.45. The number of nitro groups is 1. The lowest BCUT2D eigenvalue weighted by Crippen LogP contribution is -2.29. The summed E-state index contributed by atoms with van der Waals surface area (Å²) in [5, 5.41) is 11.5. The molecule has 120 valence electrons. The summed E-state index contributed by atoms with van der Waals surface area (Å²) in [4.78, 5) is 23.1. The van der Waals surface area contributed by atoms with Crippen LogP contribution in [0.25, 0.3) is 0 Å². The van der Waals surface area contributed by atoms with Gasteiger partial charge in [-0.25, -0.2) is 0 Å². The molecule has 1 atom stereocenters. The Hall–Kier alpha value is -2.83. The van der Waals surface area contributed by atoms with Gasteiger partial charge in [-0.1, -0.05) is 12.1 Å². The summed E-state index contributed by atoms with van der Waals surface area (Å²) < 4.78 is 10.5. The van der Waals surface area contributed by atoms with Gasteiger partial charge in [0.2, 0.25) is 0 Å². The van der Waals surface area contributed by atoms with Crippen molar-refractivity contribution in [2.75, 3.05) is 7.11 Å². The van der Waals surface area contributed by atoms with Crippen molar-refractivity contribution >= 4 is 5.78 Å². The van der Waals surface area contributed by atoms with E-state index in [2.05, 4.69) is 0 Å². The lowest BCUT2D eigenvalue weighted by molar-refractivity contribution is -0.433. The zero-order chi connectivity index (χ0) is 16.6. The molecule has 1 unspecified atom stereocenters.